The van der Waals surface area contributed by atoms with E-state index in [0.717, 1.165) is 5.56 Å². The van der Waals surface area contributed by atoms with Crippen LogP contribution in [0, 0.1) is 0 Å². The third-order valence-corrected chi connectivity index (χ3v) is 2.65. The number of aromatic amines is 1. The van der Waals surface area contributed by atoms with Crippen LogP contribution >= 0.6 is 0 Å². The Bertz CT molecular complexity index is 620. The van der Waals surface area contributed by atoms with E-state index in [0.29, 0.717) is 29.4 Å². The van der Waals surface area contributed by atoms with Gasteiger partial charge in [0, 0.05) is 18.1 Å². The predicted octanol–water partition coefficient (Wildman–Crippen LogP) is 1.59. The first-order chi connectivity index (χ1) is 8.63. The molecule has 94 valence electrons. The summed E-state index contributed by atoms with van der Waals surface area (Å²) < 4.78 is 5.09. The van der Waals surface area contributed by atoms with Crippen LogP contribution in [-0.4, -0.2) is 17.1 Å². The molecule has 0 fully saturated rings. The number of H-pyrrole nitrogens is 1. The Labute approximate surface area is 105 Å². The summed E-state index contributed by atoms with van der Waals surface area (Å²) in [5, 5.41) is 0. The number of nitrogens with two attached hydrogens (primary N) is 1. The van der Waals surface area contributed by atoms with Gasteiger partial charge in [-0.15, -0.1) is 0 Å². The summed E-state index contributed by atoms with van der Waals surface area (Å²) in [6.07, 6.45) is 0.675. The van der Waals surface area contributed by atoms with Crippen molar-refractivity contribution in [2.75, 3.05) is 12.8 Å². The molecule has 18 heavy (non-hydrogen) atoms. The van der Waals surface area contributed by atoms with Crippen molar-refractivity contribution in [3.8, 4) is 17.0 Å². The van der Waals surface area contributed by atoms with Crippen molar-refractivity contribution in [3.63, 3.8) is 0 Å². The summed E-state index contributed by atoms with van der Waals surface area (Å²) in [5.74, 6) is 1.27. The zero-order chi connectivity index (χ0) is 13.1. The van der Waals surface area contributed by atoms with Crippen LogP contribution in [0.15, 0.2) is 29.1 Å². The Morgan fingerprint density at radius 3 is 2.78 bits per heavy atom. The lowest BCUT2D eigenvalue weighted by atomic mass is 10.1. The molecule has 1 aromatic carbocycles. The van der Waals surface area contributed by atoms with E-state index < -0.39 is 0 Å². The topological polar surface area (TPSA) is 81.0 Å². The van der Waals surface area contributed by atoms with E-state index in [2.05, 4.69) is 9.97 Å². The number of rotatable bonds is 3. The maximum Gasteiger partial charge on any atom is 0.251 e. The van der Waals surface area contributed by atoms with Crippen LogP contribution in [0.3, 0.4) is 0 Å². The van der Waals surface area contributed by atoms with Gasteiger partial charge < -0.3 is 15.5 Å². The van der Waals surface area contributed by atoms with Crippen molar-refractivity contribution in [2.24, 2.45) is 0 Å². The Hall–Kier alpha value is -2.30. The third-order valence-electron chi connectivity index (χ3n) is 2.65. The van der Waals surface area contributed by atoms with Crippen LogP contribution in [0.5, 0.6) is 5.75 Å². The quantitative estimate of drug-likeness (QED) is 0.805. The largest absolute Gasteiger partial charge is 0.495 e. The number of aromatic nitrogens is 2. The molecule has 0 unspecified atom stereocenters. The van der Waals surface area contributed by atoms with Gasteiger partial charge in [-0.3, -0.25) is 4.79 Å². The standard InChI is InChI=1S/C13H15N3O2/c1-3-12-15-10(7-13(17)16-12)8-4-5-11(18-2)9(14)6-8/h4-7H,3,14H2,1-2H3,(H,15,16,17). The number of aryl methyl sites for hydroxylation is 1. The monoisotopic (exact) mass is 245 g/mol. The normalized spacial score (nSPS) is 10.3. The summed E-state index contributed by atoms with van der Waals surface area (Å²) in [7, 11) is 1.56. The molecule has 0 saturated carbocycles. The highest BCUT2D eigenvalue weighted by atomic mass is 16.5. The van der Waals surface area contributed by atoms with Crippen molar-refractivity contribution in [1.82, 2.24) is 9.97 Å². The molecule has 5 nitrogen and oxygen atoms in total. The second-order valence-corrected chi connectivity index (χ2v) is 3.89. The van der Waals surface area contributed by atoms with Gasteiger partial charge in [-0.25, -0.2) is 4.98 Å². The van der Waals surface area contributed by atoms with Crippen LogP contribution in [0.2, 0.25) is 0 Å². The Morgan fingerprint density at radius 1 is 1.39 bits per heavy atom. The second-order valence-electron chi connectivity index (χ2n) is 3.89. The van der Waals surface area contributed by atoms with Gasteiger partial charge in [0.15, 0.2) is 0 Å². The second kappa shape index (κ2) is 4.91. The number of nitrogens with one attached hydrogen (secondary N) is 1. The lowest BCUT2D eigenvalue weighted by Gasteiger charge is -2.07. The molecule has 1 aromatic heterocycles. The first kappa shape index (κ1) is 12.2. The van der Waals surface area contributed by atoms with Gasteiger partial charge in [-0.2, -0.15) is 0 Å². The van der Waals surface area contributed by atoms with E-state index in [-0.39, 0.29) is 5.56 Å². The van der Waals surface area contributed by atoms with E-state index in [1.54, 1.807) is 19.2 Å². The van der Waals surface area contributed by atoms with E-state index >= 15 is 0 Å². The Balaban J connectivity index is 2.51. The highest BCUT2D eigenvalue weighted by Gasteiger charge is 2.06. The zero-order valence-corrected chi connectivity index (χ0v) is 10.4. The van der Waals surface area contributed by atoms with Crippen LogP contribution in [-0.2, 0) is 6.42 Å². The molecule has 0 saturated heterocycles. The molecule has 0 atom stereocenters. The lowest BCUT2D eigenvalue weighted by Crippen LogP contribution is -2.10. The van der Waals surface area contributed by atoms with Crippen molar-refractivity contribution < 1.29 is 4.74 Å². The molecule has 2 rings (SSSR count). The SMILES string of the molecule is CCc1nc(-c2ccc(OC)c(N)c2)cc(=O)[nH]1. The first-order valence-corrected chi connectivity index (χ1v) is 5.68. The minimum Gasteiger partial charge on any atom is -0.495 e. The van der Waals surface area contributed by atoms with Crippen molar-refractivity contribution >= 4 is 5.69 Å². The van der Waals surface area contributed by atoms with Crippen molar-refractivity contribution in [1.29, 1.82) is 0 Å². The van der Waals surface area contributed by atoms with Gasteiger partial charge in [0.05, 0.1) is 18.5 Å². The summed E-state index contributed by atoms with van der Waals surface area (Å²) >= 11 is 0. The Kier molecular flexibility index (Phi) is 3.32. The van der Waals surface area contributed by atoms with Gasteiger partial charge in [0.25, 0.3) is 5.56 Å². The molecule has 3 N–H and O–H groups in total. The molecule has 0 aliphatic heterocycles. The smallest absolute Gasteiger partial charge is 0.251 e. The first-order valence-electron chi connectivity index (χ1n) is 5.68. The molecule has 0 amide bonds. The van der Waals surface area contributed by atoms with E-state index in [1.165, 1.54) is 6.07 Å². The average Bonchev–Trinajstić information content (AvgIpc) is 2.37. The van der Waals surface area contributed by atoms with Crippen molar-refractivity contribution in [2.45, 2.75) is 13.3 Å². The van der Waals surface area contributed by atoms with Crippen molar-refractivity contribution in [3.05, 3.63) is 40.4 Å². The number of hydrogen-bond donors (Lipinski definition) is 2. The molecule has 0 radical (unpaired) electrons. The fourth-order valence-corrected chi connectivity index (χ4v) is 1.72. The molecule has 1 heterocycles. The number of methoxy groups -OCH3 is 1. The maximum atomic E-state index is 11.5. The number of nitrogen functional groups attached to an aromatic ring is 1. The molecule has 0 aliphatic carbocycles. The van der Waals surface area contributed by atoms with Crippen LogP contribution < -0.4 is 16.0 Å². The fraction of sp³-hybridized carbons (Fsp3) is 0.231. The summed E-state index contributed by atoms with van der Waals surface area (Å²) in [5.41, 5.74) is 7.62. The number of hydrogen-bond acceptors (Lipinski definition) is 4. The number of benzene rings is 1. The number of ether oxygens (including phenoxy) is 1. The summed E-state index contributed by atoms with van der Waals surface area (Å²) in [6.45, 7) is 1.93. The fourth-order valence-electron chi connectivity index (χ4n) is 1.72. The third kappa shape index (κ3) is 2.34. The Morgan fingerprint density at radius 2 is 2.17 bits per heavy atom. The summed E-state index contributed by atoms with van der Waals surface area (Å²) in [6, 6.07) is 6.80. The van der Waals surface area contributed by atoms with Crippen LogP contribution in [0.4, 0.5) is 5.69 Å². The van der Waals surface area contributed by atoms with Crippen LogP contribution in [0.25, 0.3) is 11.3 Å². The van der Waals surface area contributed by atoms with Gasteiger partial charge in [-0.1, -0.05) is 6.92 Å². The number of nitrogens with zero attached hydrogens (tertiary/aromatic N) is 1. The van der Waals surface area contributed by atoms with Gasteiger partial charge in [0.2, 0.25) is 0 Å². The molecule has 5 heteroatoms. The van der Waals surface area contributed by atoms with E-state index in [4.69, 9.17) is 10.5 Å². The molecule has 0 spiro atoms. The molecule has 0 bridgehead atoms. The van der Waals surface area contributed by atoms with Gasteiger partial charge >= 0.3 is 0 Å². The molecule has 0 aliphatic rings. The molecular formula is C13H15N3O2. The van der Waals surface area contributed by atoms with Gasteiger partial charge in [0.1, 0.15) is 11.6 Å². The van der Waals surface area contributed by atoms with Gasteiger partial charge in [-0.05, 0) is 18.2 Å². The maximum absolute atomic E-state index is 11.5. The minimum absolute atomic E-state index is 0.161. The lowest BCUT2D eigenvalue weighted by molar-refractivity contribution is 0.417. The number of anilines is 1. The van der Waals surface area contributed by atoms with E-state index in [1.807, 2.05) is 13.0 Å². The highest BCUT2D eigenvalue weighted by Crippen LogP contribution is 2.26. The average molecular weight is 245 g/mol. The summed E-state index contributed by atoms with van der Waals surface area (Å²) in [4.78, 5) is 18.5. The minimum atomic E-state index is -0.161. The zero-order valence-electron chi connectivity index (χ0n) is 10.4. The molecular weight excluding hydrogens is 230 g/mol. The highest BCUT2D eigenvalue weighted by molar-refractivity contribution is 5.68. The predicted molar refractivity (Wildman–Crippen MR) is 70.6 cm³/mol. The van der Waals surface area contributed by atoms with E-state index in [9.17, 15) is 4.79 Å². The van der Waals surface area contributed by atoms with Crippen LogP contribution in [0.1, 0.15) is 12.7 Å². The molecule has 2 aromatic rings.